The predicted molar refractivity (Wildman–Crippen MR) is 76.4 cm³/mol. The molecule has 0 unspecified atom stereocenters. The molecule has 114 valence electrons. The number of nitro groups is 2. The number of sulfone groups is 1. The number of aryl methyl sites for hydroxylation is 1. The van der Waals surface area contributed by atoms with Crippen molar-refractivity contribution in [3.63, 3.8) is 0 Å². The van der Waals surface area contributed by atoms with Gasteiger partial charge in [-0.15, -0.1) is 0 Å². The van der Waals surface area contributed by atoms with Crippen LogP contribution in [-0.4, -0.2) is 18.3 Å². The largest absolute Gasteiger partial charge is 0.288 e. The zero-order chi connectivity index (χ0) is 16.5. The van der Waals surface area contributed by atoms with Crippen molar-refractivity contribution < 1.29 is 18.3 Å². The number of benzene rings is 2. The Morgan fingerprint density at radius 3 is 2.00 bits per heavy atom. The fourth-order valence-electron chi connectivity index (χ4n) is 1.83. The second-order valence-corrected chi connectivity index (χ2v) is 6.40. The highest BCUT2D eigenvalue weighted by molar-refractivity contribution is 7.91. The summed E-state index contributed by atoms with van der Waals surface area (Å²) in [5.74, 6) is 0. The van der Waals surface area contributed by atoms with Gasteiger partial charge in [-0.2, -0.15) is 0 Å². The lowest BCUT2D eigenvalue weighted by molar-refractivity contribution is -0.391. The van der Waals surface area contributed by atoms with E-state index < -0.39 is 36.0 Å². The first-order valence-electron chi connectivity index (χ1n) is 5.98. The molecule has 0 saturated heterocycles. The summed E-state index contributed by atoms with van der Waals surface area (Å²) in [4.78, 5) is 19.2. The van der Waals surface area contributed by atoms with E-state index in [0.717, 1.165) is 17.7 Å². The van der Waals surface area contributed by atoms with Crippen LogP contribution in [0.5, 0.6) is 0 Å². The van der Waals surface area contributed by atoms with Gasteiger partial charge in [-0.3, -0.25) is 20.2 Å². The second-order valence-electron chi connectivity index (χ2n) is 4.48. The van der Waals surface area contributed by atoms with E-state index in [0.29, 0.717) is 6.07 Å². The summed E-state index contributed by atoms with van der Waals surface area (Å²) >= 11 is 0. The average Bonchev–Trinajstić information content (AvgIpc) is 2.46. The summed E-state index contributed by atoms with van der Waals surface area (Å²) < 4.78 is 25.0. The zero-order valence-electron chi connectivity index (χ0n) is 11.3. The SMILES string of the molecule is Cc1ccc(S(=O)(=O)c2cc([N+](=O)[O-])ccc2[N+](=O)[O-])cc1. The van der Waals surface area contributed by atoms with E-state index in [1.807, 2.05) is 0 Å². The first kappa shape index (κ1) is 15.6. The van der Waals surface area contributed by atoms with E-state index in [1.165, 1.54) is 24.3 Å². The molecule has 0 aliphatic carbocycles. The van der Waals surface area contributed by atoms with E-state index in [1.54, 1.807) is 6.92 Å². The van der Waals surface area contributed by atoms with Crippen molar-refractivity contribution in [3.05, 3.63) is 68.3 Å². The Balaban J connectivity index is 2.72. The summed E-state index contributed by atoms with van der Waals surface area (Å²) in [5.41, 5.74) is -0.421. The second kappa shape index (κ2) is 5.53. The van der Waals surface area contributed by atoms with Gasteiger partial charge in [-0.1, -0.05) is 17.7 Å². The lowest BCUT2D eigenvalue weighted by atomic mass is 10.2. The molecule has 2 aromatic rings. The molecule has 0 atom stereocenters. The van der Waals surface area contributed by atoms with Crippen molar-refractivity contribution >= 4 is 21.2 Å². The minimum Gasteiger partial charge on any atom is -0.258 e. The molecule has 8 nitrogen and oxygen atoms in total. The normalized spacial score (nSPS) is 11.1. The van der Waals surface area contributed by atoms with Crippen molar-refractivity contribution in [3.8, 4) is 0 Å². The molecule has 0 aliphatic rings. The van der Waals surface area contributed by atoms with Crippen molar-refractivity contribution in [1.82, 2.24) is 0 Å². The van der Waals surface area contributed by atoms with Gasteiger partial charge in [0.05, 0.1) is 14.7 Å². The van der Waals surface area contributed by atoms with E-state index in [2.05, 4.69) is 0 Å². The fourth-order valence-corrected chi connectivity index (χ4v) is 3.27. The van der Waals surface area contributed by atoms with E-state index in [-0.39, 0.29) is 4.90 Å². The number of rotatable bonds is 4. The summed E-state index contributed by atoms with van der Waals surface area (Å²) in [5, 5.41) is 21.8. The topological polar surface area (TPSA) is 120 Å². The van der Waals surface area contributed by atoms with Crippen molar-refractivity contribution in [2.75, 3.05) is 0 Å². The minimum atomic E-state index is -4.23. The van der Waals surface area contributed by atoms with Gasteiger partial charge < -0.3 is 0 Å². The molecular formula is C13H10N2O6S. The maximum Gasteiger partial charge on any atom is 0.288 e. The van der Waals surface area contributed by atoms with Gasteiger partial charge >= 0.3 is 0 Å². The van der Waals surface area contributed by atoms with Crippen LogP contribution in [0.2, 0.25) is 0 Å². The van der Waals surface area contributed by atoms with Crippen molar-refractivity contribution in [2.24, 2.45) is 0 Å². The quantitative estimate of drug-likeness (QED) is 0.630. The molecule has 0 radical (unpaired) electrons. The smallest absolute Gasteiger partial charge is 0.258 e. The minimum absolute atomic E-state index is 0.165. The highest BCUT2D eigenvalue weighted by Gasteiger charge is 2.30. The predicted octanol–water partition coefficient (Wildman–Crippen LogP) is 2.64. The number of nitrogens with zero attached hydrogens (tertiary/aromatic N) is 2. The molecule has 22 heavy (non-hydrogen) atoms. The lowest BCUT2D eigenvalue weighted by Gasteiger charge is -2.06. The molecule has 2 aromatic carbocycles. The van der Waals surface area contributed by atoms with E-state index >= 15 is 0 Å². The Kier molecular flexibility index (Phi) is 3.91. The maximum atomic E-state index is 12.5. The van der Waals surface area contributed by atoms with Gasteiger partial charge in [0.2, 0.25) is 9.84 Å². The number of non-ortho nitro benzene ring substituents is 1. The Hall–Kier alpha value is -2.81. The third-order valence-corrected chi connectivity index (χ3v) is 4.77. The van der Waals surface area contributed by atoms with Crippen LogP contribution in [0.4, 0.5) is 11.4 Å². The molecule has 0 heterocycles. The van der Waals surface area contributed by atoms with Crippen LogP contribution < -0.4 is 0 Å². The molecular weight excluding hydrogens is 312 g/mol. The molecule has 0 saturated carbocycles. The molecule has 0 aliphatic heterocycles. The number of hydrogen-bond acceptors (Lipinski definition) is 6. The summed E-state index contributed by atoms with van der Waals surface area (Å²) in [6.07, 6.45) is 0. The summed E-state index contributed by atoms with van der Waals surface area (Å²) in [6.45, 7) is 1.76. The van der Waals surface area contributed by atoms with Crippen LogP contribution in [0.15, 0.2) is 52.3 Å². The van der Waals surface area contributed by atoms with Gasteiger partial charge in [-0.25, -0.2) is 8.42 Å². The van der Waals surface area contributed by atoms with Gasteiger partial charge in [-0.05, 0) is 19.1 Å². The molecule has 0 aromatic heterocycles. The Morgan fingerprint density at radius 2 is 1.50 bits per heavy atom. The summed E-state index contributed by atoms with van der Waals surface area (Å²) in [7, 11) is -4.23. The molecule has 0 N–H and O–H groups in total. The Morgan fingerprint density at radius 1 is 0.909 bits per heavy atom. The van der Waals surface area contributed by atoms with E-state index in [4.69, 9.17) is 0 Å². The number of hydrogen-bond donors (Lipinski definition) is 0. The van der Waals surface area contributed by atoms with Crippen LogP contribution in [0.3, 0.4) is 0 Å². The van der Waals surface area contributed by atoms with Crippen LogP contribution in [0.25, 0.3) is 0 Å². The van der Waals surface area contributed by atoms with Gasteiger partial charge in [0.25, 0.3) is 11.4 Å². The van der Waals surface area contributed by atoms with Crippen LogP contribution in [0.1, 0.15) is 5.56 Å². The fraction of sp³-hybridized carbons (Fsp3) is 0.0769. The van der Waals surface area contributed by atoms with E-state index in [9.17, 15) is 28.6 Å². The lowest BCUT2D eigenvalue weighted by Crippen LogP contribution is -2.06. The van der Waals surface area contributed by atoms with Gasteiger partial charge in [0.1, 0.15) is 0 Å². The first-order chi connectivity index (χ1) is 10.2. The molecule has 0 amide bonds. The van der Waals surface area contributed by atoms with Crippen LogP contribution in [-0.2, 0) is 9.84 Å². The molecule has 0 spiro atoms. The first-order valence-corrected chi connectivity index (χ1v) is 7.46. The summed E-state index contributed by atoms with van der Waals surface area (Å²) in [6, 6.07) is 8.09. The molecule has 0 fully saturated rings. The van der Waals surface area contributed by atoms with Crippen molar-refractivity contribution in [1.29, 1.82) is 0 Å². The third kappa shape index (κ3) is 2.79. The number of nitro benzene ring substituents is 2. The highest BCUT2D eigenvalue weighted by atomic mass is 32.2. The van der Waals surface area contributed by atoms with Gasteiger partial charge in [0, 0.05) is 18.2 Å². The molecule has 0 bridgehead atoms. The molecule has 9 heteroatoms. The van der Waals surface area contributed by atoms with Gasteiger partial charge in [0.15, 0.2) is 4.90 Å². The standard InChI is InChI=1S/C13H10N2O6S/c1-9-2-5-11(6-3-9)22(20,21)13-8-10(14(16)17)4-7-12(13)15(18)19/h2-8H,1H3. The average molecular weight is 322 g/mol. The van der Waals surface area contributed by atoms with Crippen LogP contribution >= 0.6 is 0 Å². The van der Waals surface area contributed by atoms with Crippen LogP contribution in [0, 0.1) is 27.2 Å². The zero-order valence-corrected chi connectivity index (χ0v) is 12.1. The molecule has 2 rings (SSSR count). The highest BCUT2D eigenvalue weighted by Crippen LogP contribution is 2.32. The maximum absolute atomic E-state index is 12.5. The Bertz CT molecular complexity index is 859. The third-order valence-electron chi connectivity index (χ3n) is 2.97. The Labute approximate surface area is 125 Å². The van der Waals surface area contributed by atoms with Crippen molar-refractivity contribution in [2.45, 2.75) is 16.7 Å². The monoisotopic (exact) mass is 322 g/mol.